The average Bonchev–Trinajstić information content (AvgIpc) is 2.67. The lowest BCUT2D eigenvalue weighted by Crippen LogP contribution is -2.12. The zero-order chi connectivity index (χ0) is 20.4. The summed E-state index contributed by atoms with van der Waals surface area (Å²) in [5, 5.41) is 0. The van der Waals surface area contributed by atoms with Crippen molar-refractivity contribution in [3.8, 4) is 17.0 Å². The van der Waals surface area contributed by atoms with Crippen LogP contribution in [0.2, 0.25) is 0 Å². The van der Waals surface area contributed by atoms with Crippen LogP contribution in [0.15, 0.2) is 59.9 Å². The first kappa shape index (κ1) is 19.5. The van der Waals surface area contributed by atoms with Crippen LogP contribution in [0.5, 0.6) is 5.75 Å². The third-order valence-corrected chi connectivity index (χ3v) is 6.37. The lowest BCUT2D eigenvalue weighted by atomic mass is 9.79. The summed E-state index contributed by atoms with van der Waals surface area (Å²) in [7, 11) is -3.26. The molecule has 0 atom stereocenters. The highest BCUT2D eigenvalue weighted by Gasteiger charge is 2.27. The van der Waals surface area contributed by atoms with E-state index in [4.69, 9.17) is 4.74 Å². The predicted molar refractivity (Wildman–Crippen MR) is 108 cm³/mol. The summed E-state index contributed by atoms with van der Waals surface area (Å²) in [4.78, 5) is 8.46. The first-order valence-electron chi connectivity index (χ1n) is 9.44. The van der Waals surface area contributed by atoms with E-state index in [0.29, 0.717) is 17.2 Å². The maximum atomic E-state index is 15.4. The highest BCUT2D eigenvalue weighted by molar-refractivity contribution is 7.90. The molecule has 1 aliphatic rings. The molecule has 3 aromatic rings. The summed E-state index contributed by atoms with van der Waals surface area (Å²) in [6.07, 6.45) is 8.92. The van der Waals surface area contributed by atoms with Crippen LogP contribution in [0.3, 0.4) is 0 Å². The molecule has 5 nitrogen and oxygen atoms in total. The van der Waals surface area contributed by atoms with Crippen molar-refractivity contribution < 1.29 is 17.5 Å². The Morgan fingerprint density at radius 2 is 1.86 bits per heavy atom. The molecule has 1 saturated carbocycles. The number of rotatable bonds is 6. The maximum absolute atomic E-state index is 15.4. The standard InChI is InChI=1S/C22H21FN2O3S/c1-29(26,27)17-7-5-15(6-8-17)14-28-22-18(16-3-2-4-16)9-10-19(21(22)23)20-13-24-11-12-25-20/h5-13,16H,2-4,14H2,1H3. The highest BCUT2D eigenvalue weighted by Crippen LogP contribution is 2.43. The Hall–Kier alpha value is -2.80. The number of aromatic nitrogens is 2. The van der Waals surface area contributed by atoms with Gasteiger partial charge in [-0.15, -0.1) is 0 Å². The molecule has 0 bridgehead atoms. The van der Waals surface area contributed by atoms with Gasteiger partial charge in [-0.1, -0.05) is 24.6 Å². The van der Waals surface area contributed by atoms with E-state index in [2.05, 4.69) is 9.97 Å². The van der Waals surface area contributed by atoms with E-state index in [9.17, 15) is 8.42 Å². The molecule has 2 aromatic carbocycles. The van der Waals surface area contributed by atoms with Gasteiger partial charge in [-0.05, 0) is 42.5 Å². The van der Waals surface area contributed by atoms with E-state index in [1.807, 2.05) is 6.07 Å². The Bertz CT molecular complexity index is 1110. The number of hydrogen-bond donors (Lipinski definition) is 0. The van der Waals surface area contributed by atoms with Gasteiger partial charge in [-0.3, -0.25) is 9.97 Å². The monoisotopic (exact) mass is 412 g/mol. The van der Waals surface area contributed by atoms with E-state index in [1.165, 1.54) is 24.5 Å². The fourth-order valence-corrected chi connectivity index (χ4v) is 4.01. The summed E-state index contributed by atoms with van der Waals surface area (Å²) < 4.78 is 44.5. The van der Waals surface area contributed by atoms with Gasteiger partial charge in [0.15, 0.2) is 21.4 Å². The fourth-order valence-electron chi connectivity index (χ4n) is 3.38. The molecule has 1 aliphatic carbocycles. The second kappa shape index (κ2) is 7.91. The van der Waals surface area contributed by atoms with Crippen molar-refractivity contribution in [2.45, 2.75) is 36.7 Å². The van der Waals surface area contributed by atoms with Gasteiger partial charge < -0.3 is 4.74 Å². The summed E-state index contributed by atoms with van der Waals surface area (Å²) >= 11 is 0. The molecule has 0 radical (unpaired) electrons. The quantitative estimate of drug-likeness (QED) is 0.595. The second-order valence-corrected chi connectivity index (χ2v) is 9.28. The van der Waals surface area contributed by atoms with E-state index in [0.717, 1.165) is 36.6 Å². The van der Waals surface area contributed by atoms with Crippen LogP contribution < -0.4 is 4.74 Å². The largest absolute Gasteiger partial charge is 0.486 e. The van der Waals surface area contributed by atoms with Crippen LogP contribution in [0.25, 0.3) is 11.3 Å². The van der Waals surface area contributed by atoms with Gasteiger partial charge in [-0.25, -0.2) is 12.8 Å². The Labute approximate surface area is 169 Å². The van der Waals surface area contributed by atoms with Gasteiger partial charge in [0.2, 0.25) is 0 Å². The predicted octanol–water partition coefficient (Wildman–Crippen LogP) is 4.53. The van der Waals surface area contributed by atoms with Crippen molar-refractivity contribution in [1.82, 2.24) is 9.97 Å². The number of nitrogens with zero attached hydrogens (tertiary/aromatic N) is 2. The Morgan fingerprint density at radius 1 is 1.10 bits per heavy atom. The van der Waals surface area contributed by atoms with Gasteiger partial charge in [0.1, 0.15) is 6.61 Å². The van der Waals surface area contributed by atoms with Crippen LogP contribution in [0.1, 0.15) is 36.3 Å². The van der Waals surface area contributed by atoms with E-state index in [-0.39, 0.29) is 17.3 Å². The summed E-state index contributed by atoms with van der Waals surface area (Å²) in [5.74, 6) is 0.0933. The summed E-state index contributed by atoms with van der Waals surface area (Å²) in [6, 6.07) is 10.1. The van der Waals surface area contributed by atoms with E-state index in [1.54, 1.807) is 24.4 Å². The van der Waals surface area contributed by atoms with Crippen molar-refractivity contribution in [3.05, 3.63) is 71.9 Å². The SMILES string of the molecule is CS(=O)(=O)c1ccc(COc2c(C3CCC3)ccc(-c3cnccn3)c2F)cc1. The molecule has 0 unspecified atom stereocenters. The number of sulfone groups is 1. The number of halogens is 1. The molecule has 4 rings (SSSR count). The van der Waals surface area contributed by atoms with Gasteiger partial charge in [0, 0.05) is 29.8 Å². The van der Waals surface area contributed by atoms with Gasteiger partial charge in [0.05, 0.1) is 16.8 Å². The first-order chi connectivity index (χ1) is 13.9. The molecule has 0 spiro atoms. The molecule has 0 saturated heterocycles. The Balaban J connectivity index is 1.64. The van der Waals surface area contributed by atoms with E-state index >= 15 is 4.39 Å². The van der Waals surface area contributed by atoms with Crippen LogP contribution in [-0.4, -0.2) is 24.6 Å². The normalized spacial score (nSPS) is 14.4. The molecule has 0 aliphatic heterocycles. The molecule has 1 aromatic heterocycles. The Kier molecular flexibility index (Phi) is 5.32. The van der Waals surface area contributed by atoms with Gasteiger partial charge in [0.25, 0.3) is 0 Å². The lowest BCUT2D eigenvalue weighted by molar-refractivity contribution is 0.278. The summed E-state index contributed by atoms with van der Waals surface area (Å²) in [5.41, 5.74) is 2.44. The molecular weight excluding hydrogens is 391 g/mol. The smallest absolute Gasteiger partial charge is 0.175 e. The fraction of sp³-hybridized carbons (Fsp3) is 0.273. The van der Waals surface area contributed by atoms with Crippen molar-refractivity contribution in [3.63, 3.8) is 0 Å². The van der Waals surface area contributed by atoms with E-state index < -0.39 is 15.7 Å². The number of hydrogen-bond acceptors (Lipinski definition) is 5. The molecule has 7 heteroatoms. The number of benzene rings is 2. The van der Waals surface area contributed by atoms with Crippen molar-refractivity contribution in [2.75, 3.05) is 6.26 Å². The van der Waals surface area contributed by atoms with Crippen molar-refractivity contribution in [1.29, 1.82) is 0 Å². The molecule has 150 valence electrons. The van der Waals surface area contributed by atoms with Crippen LogP contribution in [0, 0.1) is 5.82 Å². The first-order valence-corrected chi connectivity index (χ1v) is 11.3. The van der Waals surface area contributed by atoms with Gasteiger partial charge >= 0.3 is 0 Å². The minimum atomic E-state index is -3.26. The van der Waals surface area contributed by atoms with Crippen molar-refractivity contribution in [2.24, 2.45) is 0 Å². The van der Waals surface area contributed by atoms with Crippen LogP contribution in [0.4, 0.5) is 4.39 Å². The zero-order valence-corrected chi connectivity index (χ0v) is 16.8. The molecule has 0 amide bonds. The Morgan fingerprint density at radius 3 is 2.45 bits per heavy atom. The third-order valence-electron chi connectivity index (χ3n) is 5.25. The molecule has 0 N–H and O–H groups in total. The third kappa shape index (κ3) is 4.15. The summed E-state index contributed by atoms with van der Waals surface area (Å²) in [6.45, 7) is 0.143. The van der Waals surface area contributed by atoms with Gasteiger partial charge in [-0.2, -0.15) is 0 Å². The topological polar surface area (TPSA) is 69.2 Å². The zero-order valence-electron chi connectivity index (χ0n) is 16.0. The second-order valence-electron chi connectivity index (χ2n) is 7.27. The highest BCUT2D eigenvalue weighted by atomic mass is 32.2. The lowest BCUT2D eigenvalue weighted by Gasteiger charge is -2.28. The van der Waals surface area contributed by atoms with Crippen LogP contribution in [-0.2, 0) is 16.4 Å². The number of ether oxygens (including phenoxy) is 1. The maximum Gasteiger partial charge on any atom is 0.175 e. The van der Waals surface area contributed by atoms with Crippen molar-refractivity contribution >= 4 is 9.84 Å². The minimum Gasteiger partial charge on any atom is -0.486 e. The molecular formula is C22H21FN2O3S. The average molecular weight is 412 g/mol. The minimum absolute atomic E-state index is 0.143. The molecule has 1 fully saturated rings. The molecule has 29 heavy (non-hydrogen) atoms. The van der Waals surface area contributed by atoms with Crippen LogP contribution >= 0.6 is 0 Å². The molecule has 1 heterocycles.